The van der Waals surface area contributed by atoms with E-state index < -0.39 is 0 Å². The monoisotopic (exact) mass is 289 g/mol. The van der Waals surface area contributed by atoms with Crippen LogP contribution in [-0.4, -0.2) is 13.7 Å². The molecule has 0 bridgehead atoms. The Hall–Kier alpha value is -1.02. The van der Waals surface area contributed by atoms with Crippen LogP contribution in [0, 0.1) is 0 Å². The van der Waals surface area contributed by atoms with Crippen molar-refractivity contribution in [3.8, 4) is 5.75 Å². The van der Waals surface area contributed by atoms with Gasteiger partial charge in [-0.15, -0.1) is 0 Å². The summed E-state index contributed by atoms with van der Waals surface area (Å²) in [6.07, 6.45) is 5.06. The fourth-order valence-electron chi connectivity index (χ4n) is 3.74. The van der Waals surface area contributed by atoms with Crippen molar-refractivity contribution < 1.29 is 4.74 Å². The minimum absolute atomic E-state index is 0.194. The molecular formula is C19H31NO. The lowest BCUT2D eigenvalue weighted by molar-refractivity contribution is 0.397. The lowest BCUT2D eigenvalue weighted by Crippen LogP contribution is -2.32. The Bertz CT molecular complexity index is 455. The average molecular weight is 289 g/mol. The zero-order chi connectivity index (χ0) is 15.6. The Morgan fingerprint density at radius 2 is 1.52 bits per heavy atom. The molecule has 0 unspecified atom stereocenters. The number of hydrogen-bond acceptors (Lipinski definition) is 2. The average Bonchev–Trinajstić information content (AvgIpc) is 2.95. The molecule has 1 aromatic rings. The smallest absolute Gasteiger partial charge is 0.125 e. The minimum Gasteiger partial charge on any atom is -0.496 e. The lowest BCUT2D eigenvalue weighted by atomic mass is 9.76. The summed E-state index contributed by atoms with van der Waals surface area (Å²) in [5.74, 6) is 2.01. The van der Waals surface area contributed by atoms with Crippen LogP contribution in [0.1, 0.15) is 81.9 Å². The molecule has 2 heteroatoms. The molecule has 0 aromatic heterocycles. The van der Waals surface area contributed by atoms with Gasteiger partial charge in [0.1, 0.15) is 5.75 Å². The number of methoxy groups -OCH3 is 1. The molecule has 0 radical (unpaired) electrons. The van der Waals surface area contributed by atoms with E-state index in [2.05, 4.69) is 39.8 Å². The molecule has 21 heavy (non-hydrogen) atoms. The van der Waals surface area contributed by atoms with Crippen LogP contribution in [0.5, 0.6) is 5.75 Å². The normalized spacial score (nSPS) is 17.7. The summed E-state index contributed by atoms with van der Waals surface area (Å²) < 4.78 is 5.75. The maximum absolute atomic E-state index is 6.19. The fourth-order valence-corrected chi connectivity index (χ4v) is 3.74. The second-order valence-electron chi connectivity index (χ2n) is 7.19. The third-order valence-electron chi connectivity index (χ3n) is 5.16. The predicted molar refractivity (Wildman–Crippen MR) is 90.4 cm³/mol. The van der Waals surface area contributed by atoms with E-state index >= 15 is 0 Å². The predicted octanol–water partition coefficient (Wildman–Crippen LogP) is 4.71. The van der Waals surface area contributed by atoms with E-state index in [0.717, 1.165) is 12.3 Å². The van der Waals surface area contributed by atoms with Gasteiger partial charge in [0, 0.05) is 12.0 Å². The van der Waals surface area contributed by atoms with Gasteiger partial charge >= 0.3 is 0 Å². The third kappa shape index (κ3) is 2.96. The van der Waals surface area contributed by atoms with E-state index in [1.165, 1.54) is 42.4 Å². The van der Waals surface area contributed by atoms with Crippen molar-refractivity contribution in [1.82, 2.24) is 0 Å². The van der Waals surface area contributed by atoms with Gasteiger partial charge in [-0.25, -0.2) is 0 Å². The van der Waals surface area contributed by atoms with Gasteiger partial charge in [-0.1, -0.05) is 52.7 Å². The molecule has 0 spiro atoms. The topological polar surface area (TPSA) is 35.2 Å². The molecule has 2 rings (SSSR count). The molecule has 0 heterocycles. The van der Waals surface area contributed by atoms with Crippen molar-refractivity contribution in [2.45, 2.75) is 70.6 Å². The SMILES string of the molecule is COc1c(C(C)C)cc(C2(CN)CCCC2)cc1C(C)C. The van der Waals surface area contributed by atoms with Crippen LogP contribution in [0.2, 0.25) is 0 Å². The van der Waals surface area contributed by atoms with Crippen molar-refractivity contribution in [2.24, 2.45) is 5.73 Å². The van der Waals surface area contributed by atoms with E-state index in [9.17, 15) is 0 Å². The number of hydrogen-bond donors (Lipinski definition) is 1. The largest absolute Gasteiger partial charge is 0.496 e. The maximum Gasteiger partial charge on any atom is 0.125 e. The number of rotatable bonds is 5. The van der Waals surface area contributed by atoms with Crippen molar-refractivity contribution in [1.29, 1.82) is 0 Å². The van der Waals surface area contributed by atoms with Crippen molar-refractivity contribution >= 4 is 0 Å². The van der Waals surface area contributed by atoms with Crippen LogP contribution in [0.25, 0.3) is 0 Å². The standard InChI is InChI=1S/C19H31NO/c1-13(2)16-10-15(19(12-20)8-6-7-9-19)11-17(14(3)4)18(16)21-5/h10-11,13-14H,6-9,12,20H2,1-5H3. The van der Waals surface area contributed by atoms with E-state index in [-0.39, 0.29) is 5.41 Å². The van der Waals surface area contributed by atoms with Crippen molar-refractivity contribution in [2.75, 3.05) is 13.7 Å². The molecule has 1 fully saturated rings. The number of benzene rings is 1. The van der Waals surface area contributed by atoms with Gasteiger partial charge < -0.3 is 10.5 Å². The van der Waals surface area contributed by atoms with Crippen LogP contribution >= 0.6 is 0 Å². The summed E-state index contributed by atoms with van der Waals surface area (Å²) in [7, 11) is 1.79. The first-order chi connectivity index (χ1) is 9.95. The Labute approximate surface area is 130 Å². The summed E-state index contributed by atoms with van der Waals surface area (Å²) in [6.45, 7) is 9.74. The molecule has 118 valence electrons. The first-order valence-electron chi connectivity index (χ1n) is 8.37. The van der Waals surface area contributed by atoms with Gasteiger partial charge in [-0.3, -0.25) is 0 Å². The molecule has 2 nitrogen and oxygen atoms in total. The second kappa shape index (κ2) is 6.39. The summed E-state index contributed by atoms with van der Waals surface area (Å²) in [5.41, 5.74) is 10.5. The van der Waals surface area contributed by atoms with E-state index in [0.29, 0.717) is 11.8 Å². The highest BCUT2D eigenvalue weighted by Gasteiger charge is 2.35. The summed E-state index contributed by atoms with van der Waals surface area (Å²) in [5, 5.41) is 0. The summed E-state index contributed by atoms with van der Waals surface area (Å²) >= 11 is 0. The quantitative estimate of drug-likeness (QED) is 0.851. The molecule has 1 aliphatic rings. The molecule has 1 saturated carbocycles. The molecule has 0 atom stereocenters. The number of nitrogens with two attached hydrogens (primary N) is 1. The van der Waals surface area contributed by atoms with Crippen molar-refractivity contribution in [3.63, 3.8) is 0 Å². The lowest BCUT2D eigenvalue weighted by Gasteiger charge is -2.31. The van der Waals surface area contributed by atoms with E-state index in [1.807, 2.05) is 0 Å². The number of ether oxygens (including phenoxy) is 1. The highest BCUT2D eigenvalue weighted by atomic mass is 16.5. The van der Waals surface area contributed by atoms with E-state index in [4.69, 9.17) is 10.5 Å². The molecule has 0 saturated heterocycles. The first kappa shape index (κ1) is 16.4. The zero-order valence-corrected chi connectivity index (χ0v) is 14.3. The van der Waals surface area contributed by atoms with Crippen LogP contribution in [0.4, 0.5) is 0 Å². The van der Waals surface area contributed by atoms with Crippen molar-refractivity contribution in [3.05, 3.63) is 28.8 Å². The second-order valence-corrected chi connectivity index (χ2v) is 7.19. The molecule has 2 N–H and O–H groups in total. The third-order valence-corrected chi connectivity index (χ3v) is 5.16. The Balaban J connectivity index is 2.62. The Morgan fingerprint density at radius 1 is 1.05 bits per heavy atom. The van der Waals surface area contributed by atoms with Gasteiger partial charge in [-0.2, -0.15) is 0 Å². The molecule has 0 amide bonds. The summed E-state index contributed by atoms with van der Waals surface area (Å²) in [6, 6.07) is 4.74. The Morgan fingerprint density at radius 3 is 1.86 bits per heavy atom. The summed E-state index contributed by atoms with van der Waals surface area (Å²) in [4.78, 5) is 0. The zero-order valence-electron chi connectivity index (χ0n) is 14.3. The Kier molecular flexibility index (Phi) is 4.98. The molecule has 1 aromatic carbocycles. The molecule has 1 aliphatic carbocycles. The highest BCUT2D eigenvalue weighted by molar-refractivity contribution is 5.50. The first-order valence-corrected chi connectivity index (χ1v) is 8.37. The van der Waals surface area contributed by atoms with Crippen LogP contribution < -0.4 is 10.5 Å². The van der Waals surface area contributed by atoms with Crippen LogP contribution in [-0.2, 0) is 5.41 Å². The molecular weight excluding hydrogens is 258 g/mol. The van der Waals surface area contributed by atoms with Gasteiger partial charge in [0.05, 0.1) is 7.11 Å². The highest BCUT2D eigenvalue weighted by Crippen LogP contribution is 2.44. The van der Waals surface area contributed by atoms with Gasteiger partial charge in [0.2, 0.25) is 0 Å². The molecule has 0 aliphatic heterocycles. The maximum atomic E-state index is 6.19. The van der Waals surface area contributed by atoms with Gasteiger partial charge in [0.25, 0.3) is 0 Å². The van der Waals surface area contributed by atoms with Crippen LogP contribution in [0.15, 0.2) is 12.1 Å². The van der Waals surface area contributed by atoms with Gasteiger partial charge in [-0.05, 0) is 41.4 Å². The van der Waals surface area contributed by atoms with Gasteiger partial charge in [0.15, 0.2) is 0 Å². The minimum atomic E-state index is 0.194. The fraction of sp³-hybridized carbons (Fsp3) is 0.684. The van der Waals surface area contributed by atoms with Crippen LogP contribution in [0.3, 0.4) is 0 Å². The van der Waals surface area contributed by atoms with E-state index in [1.54, 1.807) is 7.11 Å².